The number of nitrogens with zero attached hydrogens (tertiary/aromatic N) is 1. The number of nitrogens with one attached hydrogen (secondary N) is 2. The van der Waals surface area contributed by atoms with E-state index in [1.807, 2.05) is 24.3 Å². The van der Waals surface area contributed by atoms with Crippen LogP contribution in [0.4, 0.5) is 5.69 Å². The highest BCUT2D eigenvalue weighted by molar-refractivity contribution is 5.93. The van der Waals surface area contributed by atoms with Crippen molar-refractivity contribution in [2.45, 2.75) is 25.8 Å². The van der Waals surface area contributed by atoms with Crippen LogP contribution in [0.25, 0.3) is 0 Å². The van der Waals surface area contributed by atoms with Gasteiger partial charge in [0.2, 0.25) is 11.8 Å². The molecule has 1 aromatic rings. The molecule has 0 aliphatic carbocycles. The summed E-state index contributed by atoms with van der Waals surface area (Å²) in [6, 6.07) is 6.95. The molecule has 130 valence electrons. The predicted octanol–water partition coefficient (Wildman–Crippen LogP) is 0.551. The highest BCUT2D eigenvalue weighted by Crippen LogP contribution is 2.12. The molecular formula is C17H23N3O4. The summed E-state index contributed by atoms with van der Waals surface area (Å²) in [4.78, 5) is 37.4. The minimum atomic E-state index is -0.681. The van der Waals surface area contributed by atoms with Gasteiger partial charge in [-0.25, -0.2) is 0 Å². The molecule has 2 amide bonds. The lowest BCUT2D eigenvalue weighted by Crippen LogP contribution is -2.57. The van der Waals surface area contributed by atoms with Gasteiger partial charge in [-0.1, -0.05) is 19.1 Å². The quantitative estimate of drug-likeness (QED) is 0.743. The molecule has 7 heteroatoms. The van der Waals surface area contributed by atoms with Crippen LogP contribution in [0, 0.1) is 0 Å². The lowest BCUT2D eigenvalue weighted by atomic mass is 10.1. The molecule has 2 rings (SSSR count). The number of benzene rings is 1. The molecule has 0 bridgehead atoms. The number of piperazine rings is 1. The molecule has 1 heterocycles. The smallest absolute Gasteiger partial charge is 0.307 e. The topological polar surface area (TPSA) is 87.7 Å². The van der Waals surface area contributed by atoms with Gasteiger partial charge in [-0.15, -0.1) is 0 Å². The van der Waals surface area contributed by atoms with Gasteiger partial charge in [0, 0.05) is 18.8 Å². The Hall–Kier alpha value is -2.41. The monoisotopic (exact) mass is 333 g/mol. The molecule has 0 radical (unpaired) electrons. The molecule has 0 aromatic heterocycles. The average Bonchev–Trinajstić information content (AvgIpc) is 2.58. The van der Waals surface area contributed by atoms with Crippen molar-refractivity contribution in [2.24, 2.45) is 0 Å². The number of rotatable bonds is 6. The molecule has 0 unspecified atom stereocenters. The Morgan fingerprint density at radius 1 is 1.33 bits per heavy atom. The zero-order valence-corrected chi connectivity index (χ0v) is 14.0. The molecule has 0 saturated carbocycles. The molecule has 2 N–H and O–H groups in total. The Balaban J connectivity index is 1.96. The standard InChI is InChI=1S/C17H23N3O4/c1-3-12-4-6-13(7-5-12)19-15(21)11-20-9-8-18-17(23)14(20)10-16(22)24-2/h4-7,14H,3,8-11H2,1-2H3,(H,18,23)(H,19,21)/t14-/m1/s1. The van der Waals surface area contributed by atoms with Crippen LogP contribution >= 0.6 is 0 Å². The maximum atomic E-state index is 12.2. The van der Waals surface area contributed by atoms with Crippen molar-refractivity contribution in [3.05, 3.63) is 29.8 Å². The largest absolute Gasteiger partial charge is 0.469 e. The fourth-order valence-corrected chi connectivity index (χ4v) is 2.62. The number of amides is 2. The first-order valence-corrected chi connectivity index (χ1v) is 8.01. The van der Waals surface area contributed by atoms with Crippen molar-refractivity contribution in [1.82, 2.24) is 10.2 Å². The van der Waals surface area contributed by atoms with Crippen LogP contribution < -0.4 is 10.6 Å². The lowest BCUT2D eigenvalue weighted by molar-refractivity contribution is -0.146. The van der Waals surface area contributed by atoms with E-state index in [4.69, 9.17) is 0 Å². The van der Waals surface area contributed by atoms with E-state index < -0.39 is 12.0 Å². The van der Waals surface area contributed by atoms with Crippen molar-refractivity contribution in [3.8, 4) is 0 Å². The number of hydrogen-bond donors (Lipinski definition) is 2. The van der Waals surface area contributed by atoms with Crippen molar-refractivity contribution < 1.29 is 19.1 Å². The Morgan fingerprint density at radius 3 is 2.67 bits per heavy atom. The Kier molecular flexibility index (Phi) is 6.31. The Morgan fingerprint density at radius 2 is 2.04 bits per heavy atom. The number of carbonyl (C=O) groups excluding carboxylic acids is 3. The first-order valence-electron chi connectivity index (χ1n) is 8.01. The second kappa shape index (κ2) is 8.44. The van der Waals surface area contributed by atoms with Crippen LogP contribution in [0.1, 0.15) is 18.9 Å². The second-order valence-electron chi connectivity index (χ2n) is 5.66. The van der Waals surface area contributed by atoms with E-state index in [-0.39, 0.29) is 24.8 Å². The highest BCUT2D eigenvalue weighted by Gasteiger charge is 2.32. The van der Waals surface area contributed by atoms with Crippen LogP contribution in [-0.2, 0) is 25.5 Å². The number of ether oxygens (including phenoxy) is 1. The fraction of sp³-hybridized carbons (Fsp3) is 0.471. The fourth-order valence-electron chi connectivity index (χ4n) is 2.62. The maximum absolute atomic E-state index is 12.2. The zero-order valence-electron chi connectivity index (χ0n) is 14.0. The summed E-state index contributed by atoms with van der Waals surface area (Å²) < 4.78 is 4.63. The number of aryl methyl sites for hydroxylation is 1. The first-order chi connectivity index (χ1) is 11.5. The molecule has 1 aliphatic heterocycles. The molecule has 24 heavy (non-hydrogen) atoms. The van der Waals surface area contributed by atoms with Gasteiger partial charge in [0.25, 0.3) is 0 Å². The third-order valence-electron chi connectivity index (χ3n) is 4.02. The average molecular weight is 333 g/mol. The van der Waals surface area contributed by atoms with Gasteiger partial charge in [-0.2, -0.15) is 0 Å². The van der Waals surface area contributed by atoms with E-state index in [1.165, 1.54) is 12.7 Å². The normalized spacial score (nSPS) is 17.9. The van der Waals surface area contributed by atoms with E-state index >= 15 is 0 Å². The summed E-state index contributed by atoms with van der Waals surface area (Å²) in [5.41, 5.74) is 1.90. The molecule has 1 aromatic carbocycles. The van der Waals surface area contributed by atoms with E-state index in [9.17, 15) is 14.4 Å². The third-order valence-corrected chi connectivity index (χ3v) is 4.02. The van der Waals surface area contributed by atoms with Gasteiger partial charge in [-0.05, 0) is 24.1 Å². The van der Waals surface area contributed by atoms with Crippen LogP contribution in [0.5, 0.6) is 0 Å². The summed E-state index contributed by atoms with van der Waals surface area (Å²) in [6.07, 6.45) is 0.868. The van der Waals surface area contributed by atoms with Gasteiger partial charge in [0.1, 0.15) is 6.04 Å². The van der Waals surface area contributed by atoms with E-state index in [2.05, 4.69) is 22.3 Å². The van der Waals surface area contributed by atoms with E-state index in [0.717, 1.165) is 6.42 Å². The molecule has 0 spiro atoms. The number of carbonyl (C=O) groups is 3. The third kappa shape index (κ3) is 4.79. The molecule has 1 aliphatic rings. The van der Waals surface area contributed by atoms with Gasteiger partial charge in [0.05, 0.1) is 20.1 Å². The van der Waals surface area contributed by atoms with Crippen molar-refractivity contribution in [1.29, 1.82) is 0 Å². The van der Waals surface area contributed by atoms with Gasteiger partial charge < -0.3 is 15.4 Å². The summed E-state index contributed by atoms with van der Waals surface area (Å²) in [5.74, 6) is -0.951. The van der Waals surface area contributed by atoms with Crippen LogP contribution in [0.15, 0.2) is 24.3 Å². The van der Waals surface area contributed by atoms with Crippen molar-refractivity contribution in [3.63, 3.8) is 0 Å². The molecule has 1 saturated heterocycles. The summed E-state index contributed by atoms with van der Waals surface area (Å²) in [5, 5.41) is 5.52. The van der Waals surface area contributed by atoms with Crippen LogP contribution in [0.3, 0.4) is 0 Å². The van der Waals surface area contributed by atoms with Gasteiger partial charge >= 0.3 is 5.97 Å². The molecule has 7 nitrogen and oxygen atoms in total. The van der Waals surface area contributed by atoms with Crippen molar-refractivity contribution >= 4 is 23.5 Å². The minimum absolute atomic E-state index is 0.0462. The van der Waals surface area contributed by atoms with Crippen LogP contribution in [0.2, 0.25) is 0 Å². The molecular weight excluding hydrogens is 310 g/mol. The summed E-state index contributed by atoms with van der Waals surface area (Å²) >= 11 is 0. The predicted molar refractivity (Wildman–Crippen MR) is 89.5 cm³/mol. The van der Waals surface area contributed by atoms with Crippen LogP contribution in [-0.4, -0.2) is 55.5 Å². The zero-order chi connectivity index (χ0) is 17.5. The van der Waals surface area contributed by atoms with Crippen molar-refractivity contribution in [2.75, 3.05) is 32.1 Å². The van der Waals surface area contributed by atoms with E-state index in [0.29, 0.717) is 18.8 Å². The molecule has 1 fully saturated rings. The van der Waals surface area contributed by atoms with Gasteiger partial charge in [-0.3, -0.25) is 19.3 Å². The number of anilines is 1. The highest BCUT2D eigenvalue weighted by atomic mass is 16.5. The summed E-state index contributed by atoms with van der Waals surface area (Å²) in [6.45, 7) is 3.08. The number of methoxy groups -OCH3 is 1. The molecule has 1 atom stereocenters. The van der Waals surface area contributed by atoms with Gasteiger partial charge in [0.15, 0.2) is 0 Å². The minimum Gasteiger partial charge on any atom is -0.469 e. The second-order valence-corrected chi connectivity index (χ2v) is 5.66. The SMILES string of the molecule is CCc1ccc(NC(=O)CN2CCNC(=O)[C@H]2CC(=O)OC)cc1. The number of hydrogen-bond acceptors (Lipinski definition) is 5. The number of esters is 1. The maximum Gasteiger partial charge on any atom is 0.307 e. The Bertz CT molecular complexity index is 600. The van der Waals surface area contributed by atoms with E-state index in [1.54, 1.807) is 4.90 Å². The summed E-state index contributed by atoms with van der Waals surface area (Å²) in [7, 11) is 1.28. The lowest BCUT2D eigenvalue weighted by Gasteiger charge is -2.33. The Labute approximate surface area is 141 Å². The first kappa shape index (κ1) is 17.9.